The van der Waals surface area contributed by atoms with E-state index in [-0.39, 0.29) is 5.54 Å². The van der Waals surface area contributed by atoms with Crippen molar-refractivity contribution in [2.75, 3.05) is 20.1 Å². The van der Waals surface area contributed by atoms with Crippen molar-refractivity contribution in [2.45, 2.75) is 18.4 Å². The molecule has 0 unspecified atom stereocenters. The van der Waals surface area contributed by atoms with Gasteiger partial charge in [0.25, 0.3) is 5.54 Å². The van der Waals surface area contributed by atoms with E-state index in [1.807, 2.05) is 0 Å². The molecular weight excluding hydrogens is 192 g/mol. The number of thiophene rings is 1. The Morgan fingerprint density at radius 2 is 2.21 bits per heavy atom. The molecule has 0 bridgehead atoms. The van der Waals surface area contributed by atoms with Gasteiger partial charge < -0.3 is 9.74 Å². The fraction of sp³-hybridized carbons (Fsp3) is 0.545. The first-order valence-corrected chi connectivity index (χ1v) is 5.81. The quantitative estimate of drug-likeness (QED) is 0.641. The third kappa shape index (κ3) is 1.56. The summed E-state index contributed by atoms with van der Waals surface area (Å²) < 4.78 is 0. The zero-order valence-electron chi connectivity index (χ0n) is 8.36. The number of hydrogen-bond donors (Lipinski definition) is 0. The fourth-order valence-corrected chi connectivity index (χ4v) is 2.73. The molecule has 14 heavy (non-hydrogen) atoms. The lowest BCUT2D eigenvalue weighted by Gasteiger charge is -2.31. The molecule has 1 aromatic rings. The van der Waals surface area contributed by atoms with Crippen molar-refractivity contribution in [1.82, 2.24) is 4.90 Å². The number of piperidine rings is 1. The molecule has 3 heteroatoms. The summed E-state index contributed by atoms with van der Waals surface area (Å²) in [6.07, 6.45) is 1.95. The molecule has 0 aromatic carbocycles. The van der Waals surface area contributed by atoms with Crippen molar-refractivity contribution < 1.29 is 0 Å². The lowest BCUT2D eigenvalue weighted by atomic mass is 9.83. The minimum absolute atomic E-state index is 0.216. The minimum Gasteiger partial charge on any atom is -0.306 e. The highest BCUT2D eigenvalue weighted by Crippen LogP contribution is 2.37. The van der Waals surface area contributed by atoms with Crippen molar-refractivity contribution in [3.8, 4) is 0 Å². The normalized spacial score (nSPS) is 21.7. The maximum atomic E-state index is 7.40. The van der Waals surface area contributed by atoms with Crippen molar-refractivity contribution in [3.05, 3.63) is 33.8 Å². The monoisotopic (exact) mass is 206 g/mol. The average Bonchev–Trinajstić information content (AvgIpc) is 2.73. The van der Waals surface area contributed by atoms with Crippen molar-refractivity contribution in [2.24, 2.45) is 0 Å². The van der Waals surface area contributed by atoms with Crippen LogP contribution >= 0.6 is 11.3 Å². The lowest BCUT2D eigenvalue weighted by molar-refractivity contribution is 0.216. The van der Waals surface area contributed by atoms with Gasteiger partial charge in [-0.15, -0.1) is 0 Å². The van der Waals surface area contributed by atoms with Gasteiger partial charge in [-0.25, -0.2) is 6.57 Å². The van der Waals surface area contributed by atoms with Gasteiger partial charge in [-0.3, -0.25) is 0 Å². The summed E-state index contributed by atoms with van der Waals surface area (Å²) in [5.41, 5.74) is 1.01. The molecule has 1 fully saturated rings. The van der Waals surface area contributed by atoms with Crippen molar-refractivity contribution >= 4 is 11.3 Å². The number of nitrogens with zero attached hydrogens (tertiary/aromatic N) is 2. The Morgan fingerprint density at radius 1 is 1.50 bits per heavy atom. The highest BCUT2D eigenvalue weighted by Gasteiger charge is 2.41. The van der Waals surface area contributed by atoms with Crippen LogP contribution in [0.15, 0.2) is 16.8 Å². The van der Waals surface area contributed by atoms with Crippen molar-refractivity contribution in [3.63, 3.8) is 0 Å². The number of hydrogen-bond acceptors (Lipinski definition) is 2. The molecule has 2 nitrogen and oxygen atoms in total. The topological polar surface area (TPSA) is 7.60 Å². The van der Waals surface area contributed by atoms with E-state index in [1.54, 1.807) is 11.3 Å². The Bertz CT molecular complexity index is 329. The van der Waals surface area contributed by atoms with Crippen LogP contribution in [0, 0.1) is 6.57 Å². The molecule has 74 valence electrons. The second-order valence-corrected chi connectivity index (χ2v) is 4.74. The van der Waals surface area contributed by atoms with Crippen LogP contribution in [0.5, 0.6) is 0 Å². The van der Waals surface area contributed by atoms with Gasteiger partial charge in [0.1, 0.15) is 0 Å². The zero-order chi connectivity index (χ0) is 10.0. The Kier molecular flexibility index (Phi) is 2.58. The summed E-state index contributed by atoms with van der Waals surface area (Å²) >= 11 is 1.69. The van der Waals surface area contributed by atoms with Gasteiger partial charge in [0.15, 0.2) is 0 Å². The van der Waals surface area contributed by atoms with Crippen molar-refractivity contribution in [1.29, 1.82) is 0 Å². The standard InChI is InChI=1S/C11H14N2S/c1-12-11(10-3-8-14-9-10)4-6-13(2)7-5-11/h3,8-9H,4-7H2,2H3. The number of likely N-dealkylation sites (tertiary alicyclic amines) is 1. The molecule has 1 aliphatic heterocycles. The van der Waals surface area contributed by atoms with Crippen LogP contribution in [0.3, 0.4) is 0 Å². The van der Waals surface area contributed by atoms with E-state index in [0.717, 1.165) is 25.9 Å². The van der Waals surface area contributed by atoms with E-state index >= 15 is 0 Å². The fourth-order valence-electron chi connectivity index (χ4n) is 1.98. The first-order chi connectivity index (χ1) is 6.77. The van der Waals surface area contributed by atoms with Gasteiger partial charge in [-0.2, -0.15) is 11.3 Å². The SMILES string of the molecule is [C-]#[N+]C1(c2ccsc2)CCN(C)CC1. The van der Waals surface area contributed by atoms with Gasteiger partial charge in [0.05, 0.1) is 0 Å². The van der Waals surface area contributed by atoms with Gasteiger partial charge >= 0.3 is 0 Å². The van der Waals surface area contributed by atoms with Crippen LogP contribution in [0.2, 0.25) is 0 Å². The molecule has 0 atom stereocenters. The van der Waals surface area contributed by atoms with Gasteiger partial charge in [-0.1, -0.05) is 0 Å². The van der Waals surface area contributed by atoms with E-state index in [1.165, 1.54) is 5.56 Å². The first-order valence-electron chi connectivity index (χ1n) is 4.87. The summed E-state index contributed by atoms with van der Waals surface area (Å²) in [4.78, 5) is 6.19. The van der Waals surface area contributed by atoms with Crippen LogP contribution in [-0.2, 0) is 5.54 Å². The van der Waals surface area contributed by atoms with Crippen LogP contribution in [0.1, 0.15) is 18.4 Å². The molecule has 0 saturated carbocycles. The van der Waals surface area contributed by atoms with E-state index in [9.17, 15) is 0 Å². The van der Waals surface area contributed by atoms with E-state index in [4.69, 9.17) is 6.57 Å². The third-order valence-corrected chi connectivity index (χ3v) is 3.77. The Hall–Kier alpha value is -0.850. The van der Waals surface area contributed by atoms with Gasteiger partial charge in [0.2, 0.25) is 0 Å². The largest absolute Gasteiger partial charge is 0.306 e. The first kappa shape index (κ1) is 9.70. The van der Waals surface area contributed by atoms with Gasteiger partial charge in [-0.05, 0) is 18.5 Å². The summed E-state index contributed by atoms with van der Waals surface area (Å²) in [7, 11) is 2.13. The summed E-state index contributed by atoms with van der Waals surface area (Å²) in [6.45, 7) is 9.48. The Balaban J connectivity index is 2.24. The minimum atomic E-state index is -0.216. The van der Waals surface area contributed by atoms with Crippen LogP contribution in [0.4, 0.5) is 0 Å². The Labute approximate surface area is 89.0 Å². The smallest absolute Gasteiger partial charge is 0.260 e. The molecule has 1 saturated heterocycles. The molecule has 0 aliphatic carbocycles. The molecule has 0 amide bonds. The summed E-state index contributed by atoms with van der Waals surface area (Å²) in [5, 5.41) is 4.20. The lowest BCUT2D eigenvalue weighted by Crippen LogP contribution is -2.38. The molecule has 2 heterocycles. The average molecular weight is 206 g/mol. The maximum absolute atomic E-state index is 7.40. The highest BCUT2D eigenvalue weighted by molar-refractivity contribution is 7.08. The summed E-state index contributed by atoms with van der Waals surface area (Å²) in [6, 6.07) is 2.11. The Morgan fingerprint density at radius 3 is 2.71 bits per heavy atom. The van der Waals surface area contributed by atoms with E-state index < -0.39 is 0 Å². The molecule has 2 rings (SSSR count). The predicted octanol–water partition coefficient (Wildman–Crippen LogP) is 2.59. The molecule has 0 N–H and O–H groups in total. The number of rotatable bonds is 1. The second kappa shape index (κ2) is 3.72. The third-order valence-electron chi connectivity index (χ3n) is 3.09. The van der Waals surface area contributed by atoms with Crippen LogP contribution in [0.25, 0.3) is 4.85 Å². The predicted molar refractivity (Wildman–Crippen MR) is 59.3 cm³/mol. The molecule has 0 spiro atoms. The van der Waals surface area contributed by atoms with Crippen LogP contribution in [-0.4, -0.2) is 25.0 Å². The molecule has 1 aromatic heterocycles. The molecular formula is C11H14N2S. The maximum Gasteiger partial charge on any atom is 0.260 e. The van der Waals surface area contributed by atoms with E-state index in [0.29, 0.717) is 0 Å². The molecule has 1 aliphatic rings. The zero-order valence-corrected chi connectivity index (χ0v) is 9.18. The van der Waals surface area contributed by atoms with Crippen LogP contribution < -0.4 is 0 Å². The second-order valence-electron chi connectivity index (χ2n) is 3.96. The highest BCUT2D eigenvalue weighted by atomic mass is 32.1. The van der Waals surface area contributed by atoms with Gasteiger partial charge in [0, 0.05) is 36.9 Å². The molecule has 0 radical (unpaired) electrons. The summed E-state index contributed by atoms with van der Waals surface area (Å²) in [5.74, 6) is 0. The van der Waals surface area contributed by atoms with E-state index in [2.05, 4.69) is 33.6 Å².